The van der Waals surface area contributed by atoms with E-state index in [4.69, 9.17) is 4.74 Å². The molecule has 0 heterocycles. The molecule has 2 aromatic carbocycles. The topological polar surface area (TPSA) is 75.1 Å². The van der Waals surface area contributed by atoms with Gasteiger partial charge in [-0.3, -0.25) is 0 Å². The highest BCUT2D eigenvalue weighted by atomic mass is 127. The Hall–Kier alpha value is -2.14. The van der Waals surface area contributed by atoms with Crippen LogP contribution in [0, 0.1) is 6.92 Å². The summed E-state index contributed by atoms with van der Waals surface area (Å²) in [7, 11) is 1.63. The van der Waals surface area contributed by atoms with Crippen LogP contribution in [0.1, 0.15) is 29.7 Å². The Bertz CT molecular complexity index is 805. The van der Waals surface area contributed by atoms with E-state index < -0.39 is 12.7 Å². The number of nitrogens with one attached hydrogen (secondary N) is 2. The van der Waals surface area contributed by atoms with E-state index in [0.717, 1.165) is 16.9 Å². The van der Waals surface area contributed by atoms with Gasteiger partial charge in [-0.1, -0.05) is 24.3 Å². The fourth-order valence-corrected chi connectivity index (χ4v) is 2.66. The van der Waals surface area contributed by atoms with Crippen molar-refractivity contribution >= 4 is 29.9 Å². The van der Waals surface area contributed by atoms with Crippen molar-refractivity contribution in [1.29, 1.82) is 0 Å². The second-order valence-corrected chi connectivity index (χ2v) is 6.34. The minimum absolute atomic E-state index is 0. The second-order valence-electron chi connectivity index (χ2n) is 6.34. The number of hydrogen-bond donors (Lipinski definition) is 3. The lowest BCUT2D eigenvalue weighted by molar-refractivity contribution is -0.0498. The highest BCUT2D eigenvalue weighted by molar-refractivity contribution is 14.0. The summed E-state index contributed by atoms with van der Waals surface area (Å²) in [5, 5.41) is 16.5. The molecule has 0 fully saturated rings. The zero-order valence-corrected chi connectivity index (χ0v) is 19.5. The van der Waals surface area contributed by atoms with Gasteiger partial charge in [0.2, 0.25) is 0 Å². The first-order chi connectivity index (χ1) is 13.9. The summed E-state index contributed by atoms with van der Waals surface area (Å²) in [6.45, 7) is 2.37. The van der Waals surface area contributed by atoms with E-state index in [-0.39, 0.29) is 36.3 Å². The van der Waals surface area contributed by atoms with Crippen LogP contribution in [0.3, 0.4) is 0 Å². The number of aliphatic imine (C=N–C) groups is 1. The molecule has 0 saturated carbocycles. The number of benzene rings is 2. The number of aryl methyl sites for hydroxylation is 1. The first-order valence-corrected chi connectivity index (χ1v) is 9.31. The van der Waals surface area contributed by atoms with E-state index in [0.29, 0.717) is 24.6 Å². The van der Waals surface area contributed by atoms with Crippen LogP contribution in [0.2, 0.25) is 0 Å². The van der Waals surface area contributed by atoms with Gasteiger partial charge in [-0.25, -0.2) is 4.99 Å². The number of aliphatic hydroxyl groups is 1. The summed E-state index contributed by atoms with van der Waals surface area (Å²) in [6.07, 6.45) is -0.834. The summed E-state index contributed by atoms with van der Waals surface area (Å²) in [6, 6.07) is 11.8. The average molecular weight is 535 g/mol. The summed E-state index contributed by atoms with van der Waals surface area (Å²) < 4.78 is 34.1. The number of alkyl halides is 2. The quantitative estimate of drug-likeness (QED) is 0.257. The lowest BCUT2D eigenvalue weighted by atomic mass is 10.1. The minimum Gasteiger partial charge on any atom is -0.496 e. The fourth-order valence-electron chi connectivity index (χ4n) is 2.66. The molecule has 0 spiro atoms. The van der Waals surface area contributed by atoms with Crippen LogP contribution in [-0.2, 0) is 6.54 Å². The standard InChI is InChI=1S/C21H27F2N3O3.HI/c1-4-24-21(25-12-15-6-5-14(2)19(11-15)28-3)26-13-18(27)16-7-9-17(10-8-16)29-20(22)23;/h5-11,18,20,27H,4,12-13H2,1-3H3,(H2,24,25,26);1H. The second kappa shape index (κ2) is 13.2. The molecule has 1 atom stereocenters. The van der Waals surface area contributed by atoms with Crippen molar-refractivity contribution < 1.29 is 23.4 Å². The van der Waals surface area contributed by atoms with Gasteiger partial charge in [0.25, 0.3) is 0 Å². The van der Waals surface area contributed by atoms with Crippen LogP contribution in [0.25, 0.3) is 0 Å². The molecule has 0 saturated heterocycles. The van der Waals surface area contributed by atoms with Gasteiger partial charge in [0.1, 0.15) is 11.5 Å². The van der Waals surface area contributed by atoms with Gasteiger partial charge in [0.15, 0.2) is 5.96 Å². The monoisotopic (exact) mass is 535 g/mol. The number of aliphatic hydroxyl groups excluding tert-OH is 1. The van der Waals surface area contributed by atoms with E-state index in [1.165, 1.54) is 12.1 Å². The molecule has 1 unspecified atom stereocenters. The van der Waals surface area contributed by atoms with Crippen molar-refractivity contribution in [1.82, 2.24) is 10.6 Å². The van der Waals surface area contributed by atoms with Crippen LogP contribution in [0.4, 0.5) is 8.78 Å². The summed E-state index contributed by atoms with van der Waals surface area (Å²) in [4.78, 5) is 4.53. The average Bonchev–Trinajstić information content (AvgIpc) is 2.71. The third kappa shape index (κ3) is 8.31. The van der Waals surface area contributed by atoms with Crippen LogP contribution in [-0.4, -0.2) is 37.9 Å². The smallest absolute Gasteiger partial charge is 0.387 e. The first-order valence-electron chi connectivity index (χ1n) is 9.31. The minimum atomic E-state index is -2.88. The normalized spacial score (nSPS) is 12.2. The SMILES string of the molecule is CCNC(=NCc1ccc(C)c(OC)c1)NCC(O)c1ccc(OC(F)F)cc1.I. The van der Waals surface area contributed by atoms with Gasteiger partial charge < -0.3 is 25.2 Å². The molecule has 6 nitrogen and oxygen atoms in total. The van der Waals surface area contributed by atoms with Gasteiger partial charge in [-0.05, 0) is 48.7 Å². The van der Waals surface area contributed by atoms with E-state index >= 15 is 0 Å². The van der Waals surface area contributed by atoms with E-state index in [9.17, 15) is 13.9 Å². The molecule has 9 heteroatoms. The molecule has 2 aromatic rings. The van der Waals surface area contributed by atoms with Crippen molar-refractivity contribution in [3.63, 3.8) is 0 Å². The molecule has 0 aromatic heterocycles. The predicted molar refractivity (Wildman–Crippen MR) is 124 cm³/mol. The molecule has 3 N–H and O–H groups in total. The summed E-state index contributed by atoms with van der Waals surface area (Å²) in [5.74, 6) is 1.42. The number of methoxy groups -OCH3 is 1. The number of nitrogens with zero attached hydrogens (tertiary/aromatic N) is 1. The lowest BCUT2D eigenvalue weighted by Gasteiger charge is -2.16. The van der Waals surface area contributed by atoms with Gasteiger partial charge in [-0.2, -0.15) is 8.78 Å². The first kappa shape index (κ1) is 25.9. The Balaban J connectivity index is 0.00000450. The van der Waals surface area contributed by atoms with Crippen molar-refractivity contribution in [2.75, 3.05) is 20.2 Å². The number of hydrogen-bond acceptors (Lipinski definition) is 4. The highest BCUT2D eigenvalue weighted by Crippen LogP contribution is 2.20. The fraction of sp³-hybridized carbons (Fsp3) is 0.381. The van der Waals surface area contributed by atoms with E-state index in [2.05, 4.69) is 20.4 Å². The molecule has 0 aliphatic rings. The van der Waals surface area contributed by atoms with Gasteiger partial charge in [0, 0.05) is 13.1 Å². The Morgan fingerprint density at radius 1 is 1.13 bits per heavy atom. The molecule has 0 aliphatic heterocycles. The number of halogens is 3. The largest absolute Gasteiger partial charge is 0.496 e. The van der Waals surface area contributed by atoms with Gasteiger partial charge in [-0.15, -0.1) is 24.0 Å². The van der Waals surface area contributed by atoms with Crippen LogP contribution >= 0.6 is 24.0 Å². The third-order valence-electron chi connectivity index (χ3n) is 4.19. The number of ether oxygens (including phenoxy) is 2. The maximum Gasteiger partial charge on any atom is 0.387 e. The number of rotatable bonds is 9. The molecule has 166 valence electrons. The van der Waals surface area contributed by atoms with Crippen LogP contribution < -0.4 is 20.1 Å². The molecule has 30 heavy (non-hydrogen) atoms. The zero-order valence-electron chi connectivity index (χ0n) is 17.2. The Kier molecular flexibility index (Phi) is 11.4. The van der Waals surface area contributed by atoms with Crippen molar-refractivity contribution in [3.8, 4) is 11.5 Å². The summed E-state index contributed by atoms with van der Waals surface area (Å²) in [5.41, 5.74) is 2.64. The molecule has 0 amide bonds. The van der Waals surface area contributed by atoms with Crippen molar-refractivity contribution in [3.05, 3.63) is 59.2 Å². The Morgan fingerprint density at radius 3 is 2.43 bits per heavy atom. The lowest BCUT2D eigenvalue weighted by Crippen LogP contribution is -2.39. The maximum atomic E-state index is 12.2. The van der Waals surface area contributed by atoms with Crippen LogP contribution in [0.15, 0.2) is 47.5 Å². The van der Waals surface area contributed by atoms with Gasteiger partial charge >= 0.3 is 6.61 Å². The molecule has 2 rings (SSSR count). The predicted octanol–water partition coefficient (Wildman–Crippen LogP) is 4.01. The maximum absolute atomic E-state index is 12.2. The molecular weight excluding hydrogens is 507 g/mol. The molecule has 0 aliphatic carbocycles. The van der Waals surface area contributed by atoms with Gasteiger partial charge in [0.05, 0.1) is 19.8 Å². The van der Waals surface area contributed by atoms with Crippen molar-refractivity contribution in [2.45, 2.75) is 33.1 Å². The number of guanidine groups is 1. The summed E-state index contributed by atoms with van der Waals surface area (Å²) >= 11 is 0. The van der Waals surface area contributed by atoms with E-state index in [1.54, 1.807) is 19.2 Å². The highest BCUT2D eigenvalue weighted by Gasteiger charge is 2.10. The molecular formula is C21H28F2IN3O3. The molecule has 0 bridgehead atoms. The Morgan fingerprint density at radius 2 is 1.83 bits per heavy atom. The molecule has 0 radical (unpaired) electrons. The Labute approximate surface area is 192 Å². The van der Waals surface area contributed by atoms with Crippen LogP contribution in [0.5, 0.6) is 11.5 Å². The zero-order chi connectivity index (χ0) is 21.2. The van der Waals surface area contributed by atoms with Crippen molar-refractivity contribution in [2.24, 2.45) is 4.99 Å². The van der Waals surface area contributed by atoms with E-state index in [1.807, 2.05) is 32.0 Å². The third-order valence-corrected chi connectivity index (χ3v) is 4.19.